The third-order valence-electron chi connectivity index (χ3n) is 2.20. The number of carbonyl (C=O) groups excluding carboxylic acids is 3. The van der Waals surface area contributed by atoms with Gasteiger partial charge in [0.1, 0.15) is 12.3 Å². The SMILES string of the molecule is C[C@@H](C=O)N1CC[C@@H](NC=O)C1=O. The summed E-state index contributed by atoms with van der Waals surface area (Å²) in [5.41, 5.74) is 0. The van der Waals surface area contributed by atoms with Crippen molar-refractivity contribution in [2.24, 2.45) is 0 Å². The summed E-state index contributed by atoms with van der Waals surface area (Å²) < 4.78 is 0. The number of nitrogens with zero attached hydrogens (tertiary/aromatic N) is 1. The van der Waals surface area contributed by atoms with Gasteiger partial charge in [0.05, 0.1) is 6.04 Å². The second-order valence-electron chi connectivity index (χ2n) is 3.03. The van der Waals surface area contributed by atoms with E-state index in [2.05, 4.69) is 5.32 Å². The van der Waals surface area contributed by atoms with E-state index in [4.69, 9.17) is 0 Å². The van der Waals surface area contributed by atoms with E-state index in [9.17, 15) is 14.4 Å². The molecule has 0 bridgehead atoms. The molecule has 0 unspecified atom stereocenters. The number of rotatable bonds is 4. The van der Waals surface area contributed by atoms with Crippen LogP contribution >= 0.6 is 0 Å². The third-order valence-corrected chi connectivity index (χ3v) is 2.20. The molecule has 0 aliphatic carbocycles. The first-order valence-corrected chi connectivity index (χ1v) is 4.16. The van der Waals surface area contributed by atoms with Crippen LogP contribution in [0.4, 0.5) is 0 Å². The summed E-state index contributed by atoms with van der Waals surface area (Å²) >= 11 is 0. The van der Waals surface area contributed by atoms with E-state index in [1.165, 1.54) is 4.90 Å². The summed E-state index contributed by atoms with van der Waals surface area (Å²) in [5, 5.41) is 2.42. The van der Waals surface area contributed by atoms with Crippen molar-refractivity contribution < 1.29 is 14.4 Å². The molecule has 1 fully saturated rings. The van der Waals surface area contributed by atoms with Gasteiger partial charge >= 0.3 is 0 Å². The maximum absolute atomic E-state index is 11.4. The summed E-state index contributed by atoms with van der Waals surface area (Å²) in [6.45, 7) is 2.19. The average Bonchev–Trinajstić information content (AvgIpc) is 2.48. The molecule has 5 nitrogen and oxygen atoms in total. The van der Waals surface area contributed by atoms with Crippen molar-refractivity contribution in [3.05, 3.63) is 0 Å². The number of nitrogens with one attached hydrogen (secondary N) is 1. The molecular weight excluding hydrogens is 172 g/mol. The lowest BCUT2D eigenvalue weighted by molar-refractivity contribution is -0.134. The predicted molar refractivity (Wildman–Crippen MR) is 44.8 cm³/mol. The van der Waals surface area contributed by atoms with Gasteiger partial charge in [-0.1, -0.05) is 0 Å². The monoisotopic (exact) mass is 184 g/mol. The van der Waals surface area contributed by atoms with Crippen LogP contribution in [0.3, 0.4) is 0 Å². The lowest BCUT2D eigenvalue weighted by atomic mass is 10.2. The topological polar surface area (TPSA) is 66.5 Å². The van der Waals surface area contributed by atoms with Gasteiger partial charge in [-0.15, -0.1) is 0 Å². The maximum atomic E-state index is 11.4. The van der Waals surface area contributed by atoms with Gasteiger partial charge in [-0.05, 0) is 13.3 Å². The van der Waals surface area contributed by atoms with Crippen molar-refractivity contribution in [3.8, 4) is 0 Å². The van der Waals surface area contributed by atoms with E-state index in [-0.39, 0.29) is 5.91 Å². The van der Waals surface area contributed by atoms with Gasteiger partial charge < -0.3 is 15.0 Å². The second-order valence-corrected chi connectivity index (χ2v) is 3.03. The highest BCUT2D eigenvalue weighted by Gasteiger charge is 2.33. The van der Waals surface area contributed by atoms with Gasteiger partial charge in [-0.25, -0.2) is 0 Å². The van der Waals surface area contributed by atoms with Crippen molar-refractivity contribution >= 4 is 18.6 Å². The summed E-state index contributed by atoms with van der Waals surface area (Å²) in [7, 11) is 0. The Balaban J connectivity index is 2.59. The molecule has 0 saturated carbocycles. The molecule has 0 radical (unpaired) electrons. The molecule has 13 heavy (non-hydrogen) atoms. The number of hydrogen-bond acceptors (Lipinski definition) is 3. The van der Waals surface area contributed by atoms with Crippen LogP contribution in [-0.2, 0) is 14.4 Å². The second kappa shape index (κ2) is 4.02. The molecule has 1 saturated heterocycles. The van der Waals surface area contributed by atoms with Crippen LogP contribution in [0, 0.1) is 0 Å². The van der Waals surface area contributed by atoms with Crippen LogP contribution in [0.25, 0.3) is 0 Å². The Hall–Kier alpha value is -1.39. The minimum Gasteiger partial charge on any atom is -0.347 e. The number of aldehydes is 1. The molecule has 2 amide bonds. The summed E-state index contributed by atoms with van der Waals surface area (Å²) in [5.74, 6) is -0.174. The molecule has 1 aliphatic rings. The molecule has 1 aliphatic heterocycles. The van der Waals surface area contributed by atoms with Gasteiger partial charge in [0.15, 0.2) is 0 Å². The Morgan fingerprint density at radius 1 is 1.62 bits per heavy atom. The Morgan fingerprint density at radius 3 is 2.85 bits per heavy atom. The smallest absolute Gasteiger partial charge is 0.245 e. The first-order chi connectivity index (χ1) is 6.20. The molecule has 0 aromatic carbocycles. The van der Waals surface area contributed by atoms with Crippen LogP contribution in [-0.4, -0.2) is 42.1 Å². The summed E-state index contributed by atoms with van der Waals surface area (Å²) in [4.78, 5) is 33.4. The van der Waals surface area contributed by atoms with E-state index in [1.54, 1.807) is 6.92 Å². The normalized spacial score (nSPS) is 24.2. The van der Waals surface area contributed by atoms with Crippen molar-refractivity contribution in [2.75, 3.05) is 6.54 Å². The molecule has 0 aromatic heterocycles. The van der Waals surface area contributed by atoms with Crippen molar-refractivity contribution in [2.45, 2.75) is 25.4 Å². The standard InChI is InChI=1S/C8H12N2O3/c1-6(4-11)10-3-2-7(8(10)13)9-5-12/h4-7H,2-3H2,1H3,(H,9,12)/t6-,7+/m0/s1. The Morgan fingerprint density at radius 2 is 2.31 bits per heavy atom. The van der Waals surface area contributed by atoms with Crippen molar-refractivity contribution in [1.29, 1.82) is 0 Å². The lowest BCUT2D eigenvalue weighted by Crippen LogP contribution is -2.41. The zero-order valence-corrected chi connectivity index (χ0v) is 7.40. The van der Waals surface area contributed by atoms with Crippen LogP contribution in [0.15, 0.2) is 0 Å². The van der Waals surface area contributed by atoms with E-state index < -0.39 is 12.1 Å². The van der Waals surface area contributed by atoms with Gasteiger partial charge in [-0.2, -0.15) is 0 Å². The summed E-state index contributed by atoms with van der Waals surface area (Å²) in [6.07, 6.45) is 1.81. The minimum absolute atomic E-state index is 0.174. The minimum atomic E-state index is -0.445. The fraction of sp³-hybridized carbons (Fsp3) is 0.625. The average molecular weight is 184 g/mol. The Kier molecular flexibility index (Phi) is 3.00. The van der Waals surface area contributed by atoms with E-state index >= 15 is 0 Å². The van der Waals surface area contributed by atoms with Gasteiger partial charge in [-0.3, -0.25) is 9.59 Å². The fourth-order valence-electron chi connectivity index (χ4n) is 1.42. The highest BCUT2D eigenvalue weighted by molar-refractivity contribution is 5.87. The number of carbonyl (C=O) groups is 3. The van der Waals surface area contributed by atoms with Gasteiger partial charge in [0.2, 0.25) is 12.3 Å². The molecule has 72 valence electrons. The zero-order valence-electron chi connectivity index (χ0n) is 7.40. The highest BCUT2D eigenvalue weighted by atomic mass is 16.2. The van der Waals surface area contributed by atoms with Crippen molar-refractivity contribution in [1.82, 2.24) is 10.2 Å². The summed E-state index contributed by atoms with van der Waals surface area (Å²) in [6, 6.07) is -0.842. The van der Waals surface area contributed by atoms with E-state index in [1.807, 2.05) is 0 Å². The zero-order chi connectivity index (χ0) is 9.84. The molecule has 1 N–H and O–H groups in total. The quantitative estimate of drug-likeness (QED) is 0.565. The molecule has 5 heteroatoms. The van der Waals surface area contributed by atoms with Crippen molar-refractivity contribution in [3.63, 3.8) is 0 Å². The maximum Gasteiger partial charge on any atom is 0.245 e. The van der Waals surface area contributed by atoms with Crippen LogP contribution < -0.4 is 5.32 Å². The van der Waals surface area contributed by atoms with E-state index in [0.717, 1.165) is 6.29 Å². The van der Waals surface area contributed by atoms with E-state index in [0.29, 0.717) is 19.4 Å². The van der Waals surface area contributed by atoms with Crippen LogP contribution in [0.5, 0.6) is 0 Å². The molecule has 0 spiro atoms. The lowest BCUT2D eigenvalue weighted by Gasteiger charge is -2.19. The molecule has 0 aromatic rings. The predicted octanol–water partition coefficient (Wildman–Crippen LogP) is -1.08. The first-order valence-electron chi connectivity index (χ1n) is 4.16. The first kappa shape index (κ1) is 9.70. The van der Waals surface area contributed by atoms with Crippen LogP contribution in [0.2, 0.25) is 0 Å². The number of hydrogen-bond donors (Lipinski definition) is 1. The molecule has 1 heterocycles. The van der Waals surface area contributed by atoms with Gasteiger partial charge in [0, 0.05) is 6.54 Å². The van der Waals surface area contributed by atoms with Gasteiger partial charge in [0.25, 0.3) is 0 Å². The number of amides is 2. The fourth-order valence-corrected chi connectivity index (χ4v) is 1.42. The Bertz CT molecular complexity index is 229. The number of likely N-dealkylation sites (tertiary alicyclic amines) is 1. The van der Waals surface area contributed by atoms with Crippen LogP contribution in [0.1, 0.15) is 13.3 Å². The highest BCUT2D eigenvalue weighted by Crippen LogP contribution is 2.12. The molecule has 1 rings (SSSR count). The Labute approximate surface area is 76.1 Å². The third kappa shape index (κ3) is 1.85. The molecule has 2 atom stereocenters. The molecular formula is C8H12N2O3. The largest absolute Gasteiger partial charge is 0.347 e.